The Balaban J connectivity index is 1.66. The molecular weight excluding hydrogens is 338 g/mol. The van der Waals surface area contributed by atoms with Gasteiger partial charge in [-0.05, 0) is 43.0 Å². The number of hydrogen-bond donors (Lipinski definition) is 1. The number of aryl methyl sites for hydroxylation is 1. The molecule has 3 rings (SSSR count). The van der Waals surface area contributed by atoms with Gasteiger partial charge in [0.15, 0.2) is 0 Å². The zero-order valence-electron chi connectivity index (χ0n) is 16.5. The Morgan fingerprint density at radius 2 is 1.85 bits per heavy atom. The molecule has 0 bridgehead atoms. The molecule has 0 radical (unpaired) electrons. The van der Waals surface area contributed by atoms with Crippen molar-refractivity contribution < 1.29 is 14.3 Å². The van der Waals surface area contributed by atoms with E-state index in [9.17, 15) is 4.79 Å². The van der Waals surface area contributed by atoms with Gasteiger partial charge in [0.1, 0.15) is 17.1 Å². The minimum absolute atomic E-state index is 0.00165. The lowest BCUT2D eigenvalue weighted by Gasteiger charge is -2.41. The SMILES string of the molecule is CCC1(CC)C[C@@H](NC(=O)CCc2ccc(OC)cc2)c2ccccc2O1. The number of fused-ring (bicyclic) bond motifs is 1. The highest BCUT2D eigenvalue weighted by molar-refractivity contribution is 5.77. The number of para-hydroxylation sites is 1. The summed E-state index contributed by atoms with van der Waals surface area (Å²) in [4.78, 5) is 12.6. The molecule has 0 fully saturated rings. The molecule has 1 heterocycles. The van der Waals surface area contributed by atoms with Crippen molar-refractivity contribution in [2.24, 2.45) is 0 Å². The van der Waals surface area contributed by atoms with Crippen molar-refractivity contribution in [2.75, 3.05) is 7.11 Å². The van der Waals surface area contributed by atoms with Crippen LogP contribution in [0.15, 0.2) is 48.5 Å². The molecule has 2 aromatic carbocycles. The Kier molecular flexibility index (Phi) is 6.04. The number of ether oxygens (including phenoxy) is 2. The molecule has 1 aliphatic rings. The quantitative estimate of drug-likeness (QED) is 0.763. The third kappa shape index (κ3) is 4.44. The lowest BCUT2D eigenvalue weighted by atomic mass is 9.83. The van der Waals surface area contributed by atoms with Crippen LogP contribution >= 0.6 is 0 Å². The van der Waals surface area contributed by atoms with Crippen LogP contribution in [-0.4, -0.2) is 18.6 Å². The molecule has 4 heteroatoms. The normalized spacial score (nSPS) is 17.5. The van der Waals surface area contributed by atoms with Gasteiger partial charge in [0.2, 0.25) is 5.91 Å². The second-order valence-corrected chi connectivity index (χ2v) is 7.20. The van der Waals surface area contributed by atoms with Gasteiger partial charge in [-0.2, -0.15) is 0 Å². The lowest BCUT2D eigenvalue weighted by Crippen LogP contribution is -2.44. The van der Waals surface area contributed by atoms with Crippen LogP contribution in [0.5, 0.6) is 11.5 Å². The van der Waals surface area contributed by atoms with Crippen molar-refractivity contribution >= 4 is 5.91 Å². The van der Waals surface area contributed by atoms with Crippen molar-refractivity contribution in [3.63, 3.8) is 0 Å². The number of carbonyl (C=O) groups excluding carboxylic acids is 1. The summed E-state index contributed by atoms with van der Waals surface area (Å²) in [6.45, 7) is 4.31. The van der Waals surface area contributed by atoms with Crippen LogP contribution in [0.3, 0.4) is 0 Å². The van der Waals surface area contributed by atoms with E-state index < -0.39 is 0 Å². The molecule has 27 heavy (non-hydrogen) atoms. The Hall–Kier alpha value is -2.49. The summed E-state index contributed by atoms with van der Waals surface area (Å²) in [7, 11) is 1.65. The Bertz CT molecular complexity index is 765. The zero-order valence-corrected chi connectivity index (χ0v) is 16.5. The van der Waals surface area contributed by atoms with E-state index in [-0.39, 0.29) is 17.6 Å². The first-order valence-corrected chi connectivity index (χ1v) is 9.79. The standard InChI is InChI=1S/C23H29NO3/c1-4-23(5-2)16-20(19-8-6-7-9-21(19)27-23)24-22(25)15-12-17-10-13-18(26-3)14-11-17/h6-11,13-14,20H,4-5,12,15-16H2,1-3H3,(H,24,25)/t20-/m1/s1. The maximum atomic E-state index is 12.6. The molecule has 0 aliphatic carbocycles. The predicted octanol–water partition coefficient (Wildman–Crippen LogP) is 4.83. The summed E-state index contributed by atoms with van der Waals surface area (Å²) in [6.07, 6.45) is 3.85. The van der Waals surface area contributed by atoms with Gasteiger partial charge < -0.3 is 14.8 Å². The van der Waals surface area contributed by atoms with E-state index in [1.165, 1.54) is 0 Å². The molecule has 0 saturated heterocycles. The fourth-order valence-corrected chi connectivity index (χ4v) is 3.75. The fraction of sp³-hybridized carbons (Fsp3) is 0.435. The summed E-state index contributed by atoms with van der Waals surface area (Å²) in [5.41, 5.74) is 2.00. The van der Waals surface area contributed by atoms with E-state index in [0.717, 1.165) is 41.9 Å². The smallest absolute Gasteiger partial charge is 0.220 e. The van der Waals surface area contributed by atoms with Gasteiger partial charge in [-0.15, -0.1) is 0 Å². The molecule has 1 aliphatic heterocycles. The third-order valence-electron chi connectivity index (χ3n) is 5.62. The molecule has 0 aromatic heterocycles. The van der Waals surface area contributed by atoms with E-state index in [4.69, 9.17) is 9.47 Å². The highest BCUT2D eigenvalue weighted by Gasteiger charge is 2.38. The minimum atomic E-state index is -0.206. The number of nitrogens with one attached hydrogen (secondary N) is 1. The number of benzene rings is 2. The minimum Gasteiger partial charge on any atom is -0.497 e. The largest absolute Gasteiger partial charge is 0.497 e. The average molecular weight is 367 g/mol. The summed E-state index contributed by atoms with van der Waals surface area (Å²) < 4.78 is 11.5. The lowest BCUT2D eigenvalue weighted by molar-refractivity contribution is -0.122. The van der Waals surface area contributed by atoms with Crippen molar-refractivity contribution in [3.8, 4) is 11.5 Å². The van der Waals surface area contributed by atoms with Crippen LogP contribution in [0.1, 0.15) is 56.7 Å². The van der Waals surface area contributed by atoms with Crippen LogP contribution in [-0.2, 0) is 11.2 Å². The van der Waals surface area contributed by atoms with E-state index in [1.54, 1.807) is 7.11 Å². The van der Waals surface area contributed by atoms with Gasteiger partial charge in [0.05, 0.1) is 13.2 Å². The number of amides is 1. The van der Waals surface area contributed by atoms with Gasteiger partial charge in [-0.1, -0.05) is 44.2 Å². The summed E-state index contributed by atoms with van der Waals surface area (Å²) in [5, 5.41) is 3.25. The van der Waals surface area contributed by atoms with E-state index in [2.05, 4.69) is 25.2 Å². The van der Waals surface area contributed by atoms with Crippen molar-refractivity contribution in [3.05, 3.63) is 59.7 Å². The van der Waals surface area contributed by atoms with Gasteiger partial charge in [0.25, 0.3) is 0 Å². The van der Waals surface area contributed by atoms with Crippen LogP contribution < -0.4 is 14.8 Å². The Labute approximate surface area is 161 Å². The van der Waals surface area contributed by atoms with Crippen LogP contribution in [0.25, 0.3) is 0 Å². The first-order valence-electron chi connectivity index (χ1n) is 9.79. The molecule has 1 amide bonds. The molecule has 0 saturated carbocycles. The molecule has 1 atom stereocenters. The predicted molar refractivity (Wildman–Crippen MR) is 107 cm³/mol. The highest BCUT2D eigenvalue weighted by atomic mass is 16.5. The maximum Gasteiger partial charge on any atom is 0.220 e. The van der Waals surface area contributed by atoms with Crippen molar-refractivity contribution in [1.29, 1.82) is 0 Å². The summed E-state index contributed by atoms with van der Waals surface area (Å²) >= 11 is 0. The molecule has 0 spiro atoms. The topological polar surface area (TPSA) is 47.6 Å². The fourth-order valence-electron chi connectivity index (χ4n) is 3.75. The summed E-state index contributed by atoms with van der Waals surface area (Å²) in [5.74, 6) is 1.80. The van der Waals surface area contributed by atoms with Crippen molar-refractivity contribution in [1.82, 2.24) is 5.32 Å². The summed E-state index contributed by atoms with van der Waals surface area (Å²) in [6, 6.07) is 15.9. The molecule has 1 N–H and O–H groups in total. The highest BCUT2D eigenvalue weighted by Crippen LogP contribution is 2.42. The zero-order chi connectivity index (χ0) is 19.3. The van der Waals surface area contributed by atoms with Gasteiger partial charge >= 0.3 is 0 Å². The first-order chi connectivity index (χ1) is 13.1. The Morgan fingerprint density at radius 3 is 2.52 bits per heavy atom. The molecule has 0 unspecified atom stereocenters. The third-order valence-corrected chi connectivity index (χ3v) is 5.62. The number of hydrogen-bond acceptors (Lipinski definition) is 3. The average Bonchev–Trinajstić information content (AvgIpc) is 2.72. The van der Waals surface area contributed by atoms with Gasteiger partial charge in [-0.25, -0.2) is 0 Å². The van der Waals surface area contributed by atoms with Crippen LogP contribution in [0.4, 0.5) is 0 Å². The maximum absolute atomic E-state index is 12.6. The molecular formula is C23H29NO3. The monoisotopic (exact) mass is 367 g/mol. The van der Waals surface area contributed by atoms with E-state index >= 15 is 0 Å². The van der Waals surface area contributed by atoms with E-state index in [0.29, 0.717) is 12.8 Å². The van der Waals surface area contributed by atoms with Crippen molar-refractivity contribution in [2.45, 2.75) is 57.6 Å². The van der Waals surface area contributed by atoms with Crippen LogP contribution in [0.2, 0.25) is 0 Å². The second kappa shape index (κ2) is 8.47. The molecule has 4 nitrogen and oxygen atoms in total. The first kappa shape index (κ1) is 19.3. The number of rotatable bonds is 7. The number of methoxy groups -OCH3 is 1. The molecule has 144 valence electrons. The Morgan fingerprint density at radius 1 is 1.15 bits per heavy atom. The van der Waals surface area contributed by atoms with Crippen LogP contribution in [0, 0.1) is 0 Å². The second-order valence-electron chi connectivity index (χ2n) is 7.20. The van der Waals surface area contributed by atoms with Gasteiger partial charge in [0, 0.05) is 18.4 Å². The molecule has 2 aromatic rings. The van der Waals surface area contributed by atoms with Gasteiger partial charge in [-0.3, -0.25) is 4.79 Å². The number of carbonyl (C=O) groups is 1. The van der Waals surface area contributed by atoms with E-state index in [1.807, 2.05) is 42.5 Å².